The summed E-state index contributed by atoms with van der Waals surface area (Å²) in [4.78, 5) is 42.9. The molecule has 1 unspecified atom stereocenters. The van der Waals surface area contributed by atoms with Gasteiger partial charge in [-0.3, -0.25) is 14.4 Å². The Labute approximate surface area is 178 Å². The van der Waals surface area contributed by atoms with E-state index in [0.717, 1.165) is 51.4 Å². The van der Waals surface area contributed by atoms with Gasteiger partial charge in [-0.2, -0.15) is 0 Å². The van der Waals surface area contributed by atoms with E-state index in [1.807, 2.05) is 11.8 Å². The molecule has 0 aromatic heterocycles. The third-order valence-corrected chi connectivity index (χ3v) is 6.79. The fourth-order valence-corrected chi connectivity index (χ4v) is 5.29. The molecule has 2 aliphatic carbocycles. The molecule has 1 aromatic carbocycles. The minimum atomic E-state index is -0.665. The SMILES string of the molecule is CCOc1ccc(N2C(=O)CC(N(C(=O)C3CCCCC3)C3CCCC3)C2=O)cc1. The summed E-state index contributed by atoms with van der Waals surface area (Å²) in [5.74, 6) is 0.314. The third-order valence-electron chi connectivity index (χ3n) is 6.79. The van der Waals surface area contributed by atoms with Crippen LogP contribution in [0.4, 0.5) is 5.69 Å². The normalized spacial score (nSPS) is 23.2. The summed E-state index contributed by atoms with van der Waals surface area (Å²) in [5, 5.41) is 0. The Morgan fingerprint density at radius 1 is 1.00 bits per heavy atom. The van der Waals surface area contributed by atoms with Crippen molar-refractivity contribution in [1.82, 2.24) is 4.90 Å². The summed E-state index contributed by atoms with van der Waals surface area (Å²) in [5.41, 5.74) is 0.549. The first-order valence-electron chi connectivity index (χ1n) is 11.5. The van der Waals surface area contributed by atoms with Crippen LogP contribution in [-0.4, -0.2) is 41.3 Å². The van der Waals surface area contributed by atoms with E-state index in [1.165, 1.54) is 11.3 Å². The summed E-state index contributed by atoms with van der Waals surface area (Å²) in [6.07, 6.45) is 9.24. The van der Waals surface area contributed by atoms with E-state index in [-0.39, 0.29) is 36.1 Å². The quantitative estimate of drug-likeness (QED) is 0.661. The van der Waals surface area contributed by atoms with E-state index < -0.39 is 6.04 Å². The zero-order chi connectivity index (χ0) is 21.1. The van der Waals surface area contributed by atoms with Crippen LogP contribution in [0.15, 0.2) is 24.3 Å². The van der Waals surface area contributed by atoms with Gasteiger partial charge in [0.1, 0.15) is 11.8 Å². The first-order valence-corrected chi connectivity index (χ1v) is 11.5. The van der Waals surface area contributed by atoms with Crippen molar-refractivity contribution >= 4 is 23.4 Å². The zero-order valence-electron chi connectivity index (χ0n) is 17.8. The van der Waals surface area contributed by atoms with Crippen LogP contribution in [-0.2, 0) is 14.4 Å². The lowest BCUT2D eigenvalue weighted by Crippen LogP contribution is -2.52. The lowest BCUT2D eigenvalue weighted by atomic mass is 9.87. The Hall–Kier alpha value is -2.37. The fourth-order valence-electron chi connectivity index (χ4n) is 5.29. The molecule has 0 bridgehead atoms. The second-order valence-corrected chi connectivity index (χ2v) is 8.73. The zero-order valence-corrected chi connectivity index (χ0v) is 17.8. The van der Waals surface area contributed by atoms with Gasteiger partial charge in [0.25, 0.3) is 5.91 Å². The van der Waals surface area contributed by atoms with Gasteiger partial charge in [0, 0.05) is 12.0 Å². The van der Waals surface area contributed by atoms with E-state index in [2.05, 4.69) is 0 Å². The van der Waals surface area contributed by atoms with Crippen molar-refractivity contribution in [2.45, 2.75) is 83.2 Å². The fraction of sp³-hybridized carbons (Fsp3) is 0.625. The van der Waals surface area contributed by atoms with E-state index in [0.29, 0.717) is 18.0 Å². The Bertz CT molecular complexity index is 779. The molecule has 6 nitrogen and oxygen atoms in total. The van der Waals surface area contributed by atoms with Gasteiger partial charge in [-0.1, -0.05) is 32.1 Å². The Morgan fingerprint density at radius 3 is 2.27 bits per heavy atom. The van der Waals surface area contributed by atoms with Crippen LogP contribution >= 0.6 is 0 Å². The molecule has 1 atom stereocenters. The van der Waals surface area contributed by atoms with Crippen LogP contribution < -0.4 is 9.64 Å². The van der Waals surface area contributed by atoms with Gasteiger partial charge in [-0.05, 0) is 56.9 Å². The maximum atomic E-state index is 13.5. The highest BCUT2D eigenvalue weighted by atomic mass is 16.5. The molecule has 3 amide bonds. The van der Waals surface area contributed by atoms with E-state index in [4.69, 9.17) is 4.74 Å². The van der Waals surface area contributed by atoms with Gasteiger partial charge in [-0.25, -0.2) is 4.90 Å². The monoisotopic (exact) mass is 412 g/mol. The number of anilines is 1. The predicted octanol–water partition coefficient (Wildman–Crippen LogP) is 4.07. The molecule has 1 heterocycles. The number of benzene rings is 1. The molecule has 6 heteroatoms. The first-order chi connectivity index (χ1) is 14.6. The molecule has 0 spiro atoms. The number of carbonyl (C=O) groups is 3. The summed E-state index contributed by atoms with van der Waals surface area (Å²) >= 11 is 0. The summed E-state index contributed by atoms with van der Waals surface area (Å²) < 4.78 is 5.46. The molecule has 1 aromatic rings. The summed E-state index contributed by atoms with van der Waals surface area (Å²) in [6.45, 7) is 2.47. The van der Waals surface area contributed by atoms with Crippen molar-refractivity contribution in [3.63, 3.8) is 0 Å². The van der Waals surface area contributed by atoms with Gasteiger partial charge in [-0.15, -0.1) is 0 Å². The van der Waals surface area contributed by atoms with Gasteiger partial charge in [0.05, 0.1) is 18.7 Å². The highest BCUT2D eigenvalue weighted by Gasteiger charge is 2.47. The number of rotatable bonds is 6. The van der Waals surface area contributed by atoms with Crippen LogP contribution in [0.25, 0.3) is 0 Å². The highest BCUT2D eigenvalue weighted by Crippen LogP contribution is 2.35. The standard InChI is InChI=1S/C24H32N2O4/c1-2-30-20-14-12-19(13-15-20)26-22(27)16-21(24(26)29)25(18-10-6-7-11-18)23(28)17-8-4-3-5-9-17/h12-15,17-18,21H,2-11,16H2,1H3. The smallest absolute Gasteiger partial charge is 0.257 e. The average Bonchev–Trinajstić information content (AvgIpc) is 3.39. The molecule has 1 aliphatic heterocycles. The number of nitrogens with zero attached hydrogens (tertiary/aromatic N) is 2. The average molecular weight is 413 g/mol. The summed E-state index contributed by atoms with van der Waals surface area (Å²) in [7, 11) is 0. The van der Waals surface area contributed by atoms with Crippen LogP contribution in [0.2, 0.25) is 0 Å². The van der Waals surface area contributed by atoms with E-state index in [1.54, 1.807) is 24.3 Å². The lowest BCUT2D eigenvalue weighted by molar-refractivity contribution is -0.145. The first kappa shape index (κ1) is 20.9. The van der Waals surface area contributed by atoms with Crippen molar-refractivity contribution in [3.05, 3.63) is 24.3 Å². The minimum Gasteiger partial charge on any atom is -0.494 e. The predicted molar refractivity (Wildman–Crippen MR) is 114 cm³/mol. The van der Waals surface area contributed by atoms with Gasteiger partial charge < -0.3 is 9.64 Å². The van der Waals surface area contributed by atoms with Crippen molar-refractivity contribution < 1.29 is 19.1 Å². The number of amides is 3. The number of hydrogen-bond donors (Lipinski definition) is 0. The molecule has 0 radical (unpaired) electrons. The molecule has 2 saturated carbocycles. The second kappa shape index (κ2) is 9.19. The van der Waals surface area contributed by atoms with Crippen LogP contribution in [0.3, 0.4) is 0 Å². The van der Waals surface area contributed by atoms with Gasteiger partial charge >= 0.3 is 0 Å². The Morgan fingerprint density at radius 2 is 1.63 bits per heavy atom. The molecule has 162 valence electrons. The van der Waals surface area contributed by atoms with E-state index >= 15 is 0 Å². The Balaban J connectivity index is 1.57. The van der Waals surface area contributed by atoms with Crippen LogP contribution in [0.1, 0.15) is 71.1 Å². The van der Waals surface area contributed by atoms with Crippen LogP contribution in [0.5, 0.6) is 5.75 Å². The van der Waals surface area contributed by atoms with Crippen LogP contribution in [0, 0.1) is 5.92 Å². The number of ether oxygens (including phenoxy) is 1. The molecule has 3 aliphatic rings. The van der Waals surface area contributed by atoms with Crippen molar-refractivity contribution in [3.8, 4) is 5.75 Å². The largest absolute Gasteiger partial charge is 0.494 e. The second-order valence-electron chi connectivity index (χ2n) is 8.73. The molecule has 3 fully saturated rings. The molecular formula is C24H32N2O4. The maximum absolute atomic E-state index is 13.5. The molecule has 1 saturated heterocycles. The third kappa shape index (κ3) is 4.09. The lowest BCUT2D eigenvalue weighted by Gasteiger charge is -2.36. The topological polar surface area (TPSA) is 66.9 Å². The van der Waals surface area contributed by atoms with Gasteiger partial charge in [0.2, 0.25) is 11.8 Å². The van der Waals surface area contributed by atoms with E-state index in [9.17, 15) is 14.4 Å². The van der Waals surface area contributed by atoms with Crippen molar-refractivity contribution in [1.29, 1.82) is 0 Å². The molecule has 30 heavy (non-hydrogen) atoms. The molecule has 4 rings (SSSR count). The minimum absolute atomic E-state index is 0.00165. The molecular weight excluding hydrogens is 380 g/mol. The Kier molecular flexibility index (Phi) is 6.40. The maximum Gasteiger partial charge on any atom is 0.257 e. The number of imide groups is 1. The van der Waals surface area contributed by atoms with Gasteiger partial charge in [0.15, 0.2) is 0 Å². The number of hydrogen-bond acceptors (Lipinski definition) is 4. The summed E-state index contributed by atoms with van der Waals surface area (Å²) in [6, 6.07) is 6.45. The van der Waals surface area contributed by atoms with Crippen molar-refractivity contribution in [2.75, 3.05) is 11.5 Å². The molecule has 0 N–H and O–H groups in total. The highest BCUT2D eigenvalue weighted by molar-refractivity contribution is 6.23. The number of carbonyl (C=O) groups excluding carboxylic acids is 3. The van der Waals surface area contributed by atoms with Crippen molar-refractivity contribution in [2.24, 2.45) is 5.92 Å².